The highest BCUT2D eigenvalue weighted by molar-refractivity contribution is 7.22. The van der Waals surface area contributed by atoms with Crippen LogP contribution in [0.3, 0.4) is 0 Å². The third kappa shape index (κ3) is 3.22. The molecular formula is C16H12N4O5S. The lowest BCUT2D eigenvalue weighted by Gasteiger charge is -2.02. The lowest BCUT2D eigenvalue weighted by Crippen LogP contribution is -2.12. The molecule has 26 heavy (non-hydrogen) atoms. The molecule has 0 saturated carbocycles. The van der Waals surface area contributed by atoms with Crippen molar-refractivity contribution in [1.82, 2.24) is 4.98 Å². The van der Waals surface area contributed by atoms with E-state index in [1.807, 2.05) is 26.0 Å². The number of hydrogen-bond donors (Lipinski definition) is 1. The number of thiazole rings is 1. The molecule has 132 valence electrons. The van der Waals surface area contributed by atoms with Crippen LogP contribution in [0.2, 0.25) is 0 Å². The van der Waals surface area contributed by atoms with Crippen molar-refractivity contribution in [3.05, 3.63) is 67.3 Å². The summed E-state index contributed by atoms with van der Waals surface area (Å²) >= 11 is 1.25. The van der Waals surface area contributed by atoms with E-state index in [9.17, 15) is 25.0 Å². The van der Waals surface area contributed by atoms with Gasteiger partial charge in [-0.15, -0.1) is 0 Å². The number of nitrogens with one attached hydrogen (secondary N) is 1. The fourth-order valence-electron chi connectivity index (χ4n) is 2.39. The molecule has 0 aliphatic carbocycles. The Hall–Kier alpha value is -3.40. The van der Waals surface area contributed by atoms with Crippen molar-refractivity contribution in [3.63, 3.8) is 0 Å². The third-order valence-electron chi connectivity index (χ3n) is 3.89. The lowest BCUT2D eigenvalue weighted by molar-refractivity contribution is -0.394. The number of aromatic nitrogens is 1. The summed E-state index contributed by atoms with van der Waals surface area (Å²) < 4.78 is 0.883. The standard InChI is InChI=1S/C16H12N4O5S/c1-8-3-4-13-14(9(8)2)17-16(26-13)18-15(21)10-5-11(19(22)23)7-12(6-10)20(24)25/h3-7H,1-2H3,(H,17,18,21). The molecule has 3 rings (SSSR count). The van der Waals surface area contributed by atoms with E-state index in [1.54, 1.807) is 0 Å². The largest absolute Gasteiger partial charge is 0.298 e. The number of non-ortho nitro benzene ring substituents is 2. The molecule has 0 saturated heterocycles. The maximum Gasteiger partial charge on any atom is 0.277 e. The molecule has 9 nitrogen and oxygen atoms in total. The smallest absolute Gasteiger partial charge is 0.277 e. The third-order valence-corrected chi connectivity index (χ3v) is 4.83. The van der Waals surface area contributed by atoms with Gasteiger partial charge in [0.15, 0.2) is 5.13 Å². The van der Waals surface area contributed by atoms with Crippen molar-refractivity contribution >= 4 is 44.0 Å². The van der Waals surface area contributed by atoms with E-state index < -0.39 is 27.1 Å². The highest BCUT2D eigenvalue weighted by atomic mass is 32.1. The zero-order chi connectivity index (χ0) is 19.0. The highest BCUT2D eigenvalue weighted by Crippen LogP contribution is 2.30. The average Bonchev–Trinajstić information content (AvgIpc) is 3.01. The Morgan fingerprint density at radius 3 is 2.27 bits per heavy atom. The fraction of sp³-hybridized carbons (Fsp3) is 0.125. The highest BCUT2D eigenvalue weighted by Gasteiger charge is 2.20. The van der Waals surface area contributed by atoms with Gasteiger partial charge in [-0.2, -0.15) is 0 Å². The Labute approximate surface area is 150 Å². The summed E-state index contributed by atoms with van der Waals surface area (Å²) in [4.78, 5) is 37.1. The summed E-state index contributed by atoms with van der Waals surface area (Å²) in [5.74, 6) is -0.703. The summed E-state index contributed by atoms with van der Waals surface area (Å²) in [5.41, 5.74) is 1.58. The van der Waals surface area contributed by atoms with Gasteiger partial charge in [0.05, 0.1) is 31.7 Å². The molecule has 0 spiro atoms. The molecule has 3 aromatic rings. The van der Waals surface area contributed by atoms with E-state index in [4.69, 9.17) is 0 Å². The summed E-state index contributed by atoms with van der Waals surface area (Å²) in [7, 11) is 0. The van der Waals surface area contributed by atoms with Crippen molar-refractivity contribution < 1.29 is 14.6 Å². The second kappa shape index (κ2) is 6.48. The zero-order valence-corrected chi connectivity index (χ0v) is 14.5. The number of nitro groups is 2. The van der Waals surface area contributed by atoms with Gasteiger partial charge in [0.25, 0.3) is 17.3 Å². The van der Waals surface area contributed by atoms with E-state index in [1.165, 1.54) is 11.3 Å². The predicted molar refractivity (Wildman–Crippen MR) is 96.8 cm³/mol. The molecule has 0 unspecified atom stereocenters. The summed E-state index contributed by atoms with van der Waals surface area (Å²) in [5, 5.41) is 24.7. The van der Waals surface area contributed by atoms with Gasteiger partial charge in [-0.3, -0.25) is 30.3 Å². The number of nitrogens with zero attached hydrogens (tertiary/aromatic N) is 3. The Balaban J connectivity index is 1.96. The molecule has 2 aromatic carbocycles. The van der Waals surface area contributed by atoms with Crippen LogP contribution >= 0.6 is 11.3 Å². The van der Waals surface area contributed by atoms with Crippen LogP contribution in [0.1, 0.15) is 21.5 Å². The molecule has 1 N–H and O–H groups in total. The number of carbonyl (C=O) groups excluding carboxylic acids is 1. The molecule has 10 heteroatoms. The molecule has 1 amide bonds. The van der Waals surface area contributed by atoms with E-state index in [0.29, 0.717) is 5.13 Å². The SMILES string of the molecule is Cc1ccc2sc(NC(=O)c3cc([N+](=O)[O-])cc([N+](=O)[O-])c3)nc2c1C. The molecule has 0 aliphatic rings. The molecule has 1 heterocycles. The molecule has 1 aromatic heterocycles. The van der Waals surface area contributed by atoms with Crippen LogP contribution in [-0.4, -0.2) is 20.7 Å². The van der Waals surface area contributed by atoms with Gasteiger partial charge in [-0.1, -0.05) is 17.4 Å². The summed E-state index contributed by atoms with van der Waals surface area (Å²) in [6.07, 6.45) is 0. The number of rotatable bonds is 4. The molecule has 0 aliphatic heterocycles. The van der Waals surface area contributed by atoms with Crippen LogP contribution in [0.15, 0.2) is 30.3 Å². The quantitative estimate of drug-likeness (QED) is 0.545. The van der Waals surface area contributed by atoms with E-state index in [-0.39, 0.29) is 5.56 Å². The van der Waals surface area contributed by atoms with Gasteiger partial charge < -0.3 is 0 Å². The van der Waals surface area contributed by atoms with Crippen LogP contribution in [0, 0.1) is 34.1 Å². The molecule has 0 radical (unpaired) electrons. The lowest BCUT2D eigenvalue weighted by atomic mass is 10.1. The first-order valence-electron chi connectivity index (χ1n) is 7.38. The summed E-state index contributed by atoms with van der Waals surface area (Å²) in [6.45, 7) is 3.88. The van der Waals surface area contributed by atoms with E-state index >= 15 is 0 Å². The van der Waals surface area contributed by atoms with Crippen LogP contribution in [0.5, 0.6) is 0 Å². The number of hydrogen-bond acceptors (Lipinski definition) is 7. The Kier molecular flexibility index (Phi) is 4.34. The number of fused-ring (bicyclic) bond motifs is 1. The first kappa shape index (κ1) is 17.4. The number of amides is 1. The Bertz CT molecular complexity index is 1040. The average molecular weight is 372 g/mol. The maximum absolute atomic E-state index is 12.4. The first-order chi connectivity index (χ1) is 12.3. The number of nitro benzene ring substituents is 2. The van der Waals surface area contributed by atoms with Crippen LogP contribution in [0.25, 0.3) is 10.2 Å². The first-order valence-corrected chi connectivity index (χ1v) is 8.20. The van der Waals surface area contributed by atoms with Crippen LogP contribution < -0.4 is 5.32 Å². The normalized spacial score (nSPS) is 10.7. The van der Waals surface area contributed by atoms with Crippen molar-refractivity contribution in [3.8, 4) is 0 Å². The van der Waals surface area contributed by atoms with Crippen LogP contribution in [-0.2, 0) is 0 Å². The minimum atomic E-state index is -0.784. The monoisotopic (exact) mass is 372 g/mol. The molecular weight excluding hydrogens is 360 g/mol. The van der Waals surface area contributed by atoms with E-state index in [2.05, 4.69) is 10.3 Å². The van der Waals surface area contributed by atoms with Crippen molar-refractivity contribution in [2.45, 2.75) is 13.8 Å². The van der Waals surface area contributed by atoms with Crippen molar-refractivity contribution in [2.24, 2.45) is 0 Å². The van der Waals surface area contributed by atoms with E-state index in [0.717, 1.165) is 39.5 Å². The van der Waals surface area contributed by atoms with Gasteiger partial charge in [0, 0.05) is 12.1 Å². The Morgan fingerprint density at radius 1 is 1.08 bits per heavy atom. The second-order valence-corrected chi connectivity index (χ2v) is 6.61. The predicted octanol–water partition coefficient (Wildman–Crippen LogP) is 3.98. The number of aryl methyl sites for hydroxylation is 2. The maximum atomic E-state index is 12.4. The molecule has 0 bridgehead atoms. The number of benzene rings is 2. The van der Waals surface area contributed by atoms with Gasteiger partial charge in [0.2, 0.25) is 0 Å². The minimum Gasteiger partial charge on any atom is -0.298 e. The van der Waals surface area contributed by atoms with Gasteiger partial charge in [0.1, 0.15) is 0 Å². The van der Waals surface area contributed by atoms with Crippen molar-refractivity contribution in [2.75, 3.05) is 5.32 Å². The van der Waals surface area contributed by atoms with Gasteiger partial charge >= 0.3 is 0 Å². The minimum absolute atomic E-state index is 0.182. The second-order valence-electron chi connectivity index (χ2n) is 5.58. The fourth-order valence-corrected chi connectivity index (χ4v) is 3.31. The summed E-state index contributed by atoms with van der Waals surface area (Å²) in [6, 6.07) is 6.63. The topological polar surface area (TPSA) is 128 Å². The van der Waals surface area contributed by atoms with Gasteiger partial charge in [-0.25, -0.2) is 4.98 Å². The van der Waals surface area contributed by atoms with Gasteiger partial charge in [-0.05, 0) is 31.0 Å². The Morgan fingerprint density at radius 2 is 1.69 bits per heavy atom. The molecule has 0 atom stereocenters. The van der Waals surface area contributed by atoms with Crippen LogP contribution in [0.4, 0.5) is 16.5 Å². The van der Waals surface area contributed by atoms with Crippen molar-refractivity contribution in [1.29, 1.82) is 0 Å². The number of carbonyl (C=O) groups is 1. The zero-order valence-electron chi connectivity index (χ0n) is 13.7. The molecule has 0 fully saturated rings. The number of anilines is 1.